The van der Waals surface area contributed by atoms with Crippen molar-refractivity contribution < 1.29 is 4.43 Å². The summed E-state index contributed by atoms with van der Waals surface area (Å²) in [5.74, 6) is 0. The lowest BCUT2D eigenvalue weighted by Gasteiger charge is -2.38. The molecule has 2 fully saturated rings. The second kappa shape index (κ2) is 3.61. The molecule has 0 unspecified atom stereocenters. The van der Waals surface area contributed by atoms with Gasteiger partial charge in [-0.2, -0.15) is 0 Å². The Morgan fingerprint density at radius 3 is 2.00 bits per heavy atom. The molecule has 0 radical (unpaired) electrons. The fourth-order valence-electron chi connectivity index (χ4n) is 2.46. The molecule has 0 bridgehead atoms. The second-order valence-corrected chi connectivity index (χ2v) is 10.1. The van der Waals surface area contributed by atoms with E-state index >= 15 is 0 Å². The molecule has 1 saturated carbocycles. The minimum absolute atomic E-state index is 0.199. The molecule has 0 amide bonds. The van der Waals surface area contributed by atoms with Gasteiger partial charge >= 0.3 is 0 Å². The van der Waals surface area contributed by atoms with E-state index < -0.39 is 8.32 Å². The molecule has 0 aromatic rings. The van der Waals surface area contributed by atoms with Crippen LogP contribution in [0.4, 0.5) is 0 Å². The highest BCUT2D eigenvalue weighted by Gasteiger charge is 2.51. The Balaban J connectivity index is 1.94. The standard InChI is InChI=1S/C11H23NOSi/c1-14(2,3)13-11(7-8-11)12-9-5-4-6-10-12/h4-10H2,1-3H3. The molecule has 1 aliphatic carbocycles. The smallest absolute Gasteiger partial charge is 0.186 e. The largest absolute Gasteiger partial charge is 0.400 e. The Kier molecular flexibility index (Phi) is 2.75. The highest BCUT2D eigenvalue weighted by molar-refractivity contribution is 6.69. The first-order chi connectivity index (χ1) is 6.52. The summed E-state index contributed by atoms with van der Waals surface area (Å²) < 4.78 is 6.34. The Bertz CT molecular complexity index is 202. The van der Waals surface area contributed by atoms with Crippen molar-refractivity contribution in [1.29, 1.82) is 0 Å². The van der Waals surface area contributed by atoms with Gasteiger partial charge in [-0.3, -0.25) is 4.90 Å². The van der Waals surface area contributed by atoms with Gasteiger partial charge in [0.1, 0.15) is 5.72 Å². The van der Waals surface area contributed by atoms with Gasteiger partial charge in [-0.05, 0) is 45.3 Å². The first kappa shape index (κ1) is 10.6. The lowest BCUT2D eigenvalue weighted by atomic mass is 10.1. The van der Waals surface area contributed by atoms with Crippen LogP contribution in [0.25, 0.3) is 0 Å². The van der Waals surface area contributed by atoms with Gasteiger partial charge in [0.25, 0.3) is 0 Å². The summed E-state index contributed by atoms with van der Waals surface area (Å²) in [5.41, 5.74) is 0.199. The summed E-state index contributed by atoms with van der Waals surface area (Å²) in [4.78, 5) is 2.61. The summed E-state index contributed by atoms with van der Waals surface area (Å²) in [7, 11) is -1.36. The Morgan fingerprint density at radius 2 is 1.57 bits per heavy atom. The minimum Gasteiger partial charge on any atom is -0.400 e. The average molecular weight is 213 g/mol. The van der Waals surface area contributed by atoms with Crippen LogP contribution in [0.5, 0.6) is 0 Å². The fourth-order valence-corrected chi connectivity index (χ4v) is 3.93. The van der Waals surface area contributed by atoms with Gasteiger partial charge in [0, 0.05) is 13.1 Å². The molecule has 0 atom stereocenters. The normalized spacial score (nSPS) is 27.6. The maximum atomic E-state index is 6.34. The average Bonchev–Trinajstić information content (AvgIpc) is 2.85. The number of hydrogen-bond acceptors (Lipinski definition) is 2. The maximum Gasteiger partial charge on any atom is 0.186 e. The highest BCUT2D eigenvalue weighted by Crippen LogP contribution is 2.45. The first-order valence-electron chi connectivity index (χ1n) is 5.97. The van der Waals surface area contributed by atoms with Crippen molar-refractivity contribution in [3.05, 3.63) is 0 Å². The van der Waals surface area contributed by atoms with E-state index in [4.69, 9.17) is 4.43 Å². The zero-order valence-electron chi connectivity index (χ0n) is 9.81. The zero-order valence-corrected chi connectivity index (χ0v) is 10.8. The second-order valence-electron chi connectivity index (χ2n) is 5.71. The van der Waals surface area contributed by atoms with Gasteiger partial charge in [-0.1, -0.05) is 6.42 Å². The van der Waals surface area contributed by atoms with E-state index in [1.807, 2.05) is 0 Å². The molecule has 2 nitrogen and oxygen atoms in total. The third-order valence-corrected chi connectivity index (χ3v) is 4.10. The highest BCUT2D eigenvalue weighted by atomic mass is 28.4. The molecule has 3 heteroatoms. The van der Waals surface area contributed by atoms with Gasteiger partial charge in [0.05, 0.1) is 0 Å². The number of rotatable bonds is 3. The number of nitrogens with zero attached hydrogens (tertiary/aromatic N) is 1. The molecule has 82 valence electrons. The number of hydrogen-bond donors (Lipinski definition) is 0. The topological polar surface area (TPSA) is 12.5 Å². The summed E-state index contributed by atoms with van der Waals surface area (Å²) in [6, 6.07) is 0. The molecule has 0 aromatic heterocycles. The summed E-state index contributed by atoms with van der Waals surface area (Å²) in [6.45, 7) is 9.44. The van der Waals surface area contributed by atoms with Gasteiger partial charge in [-0.15, -0.1) is 0 Å². The van der Waals surface area contributed by atoms with E-state index in [-0.39, 0.29) is 5.72 Å². The number of piperidine rings is 1. The maximum absolute atomic E-state index is 6.34. The van der Waals surface area contributed by atoms with Gasteiger partial charge in [0.15, 0.2) is 8.32 Å². The monoisotopic (exact) mass is 213 g/mol. The van der Waals surface area contributed by atoms with E-state index in [9.17, 15) is 0 Å². The molecular formula is C11H23NOSi. The van der Waals surface area contributed by atoms with Crippen LogP contribution in [0.3, 0.4) is 0 Å². The molecule has 1 saturated heterocycles. The third-order valence-electron chi connectivity index (χ3n) is 3.11. The summed E-state index contributed by atoms with van der Waals surface area (Å²) >= 11 is 0. The van der Waals surface area contributed by atoms with Crippen LogP contribution in [0.1, 0.15) is 32.1 Å². The quantitative estimate of drug-likeness (QED) is 0.668. The van der Waals surface area contributed by atoms with Crippen LogP contribution in [0.15, 0.2) is 0 Å². The lowest BCUT2D eigenvalue weighted by molar-refractivity contribution is -0.0173. The molecule has 0 aromatic carbocycles. The molecule has 1 heterocycles. The van der Waals surface area contributed by atoms with Gasteiger partial charge in [0.2, 0.25) is 0 Å². The molecule has 2 rings (SSSR count). The van der Waals surface area contributed by atoms with E-state index in [2.05, 4.69) is 24.5 Å². The van der Waals surface area contributed by atoms with Crippen molar-refractivity contribution in [2.24, 2.45) is 0 Å². The molecule has 0 N–H and O–H groups in total. The molecule has 1 aliphatic heterocycles. The van der Waals surface area contributed by atoms with Crippen molar-refractivity contribution in [1.82, 2.24) is 4.90 Å². The van der Waals surface area contributed by atoms with Crippen LogP contribution in [-0.4, -0.2) is 32.0 Å². The lowest BCUT2D eigenvalue weighted by Crippen LogP contribution is -2.47. The summed E-state index contributed by atoms with van der Waals surface area (Å²) in [6.07, 6.45) is 6.71. The van der Waals surface area contributed by atoms with Crippen molar-refractivity contribution in [2.75, 3.05) is 13.1 Å². The van der Waals surface area contributed by atoms with Crippen molar-refractivity contribution in [3.8, 4) is 0 Å². The third kappa shape index (κ3) is 2.38. The molecule has 0 spiro atoms. The van der Waals surface area contributed by atoms with E-state index in [0.29, 0.717) is 0 Å². The Morgan fingerprint density at radius 1 is 1.00 bits per heavy atom. The predicted molar refractivity (Wildman–Crippen MR) is 61.8 cm³/mol. The molecular weight excluding hydrogens is 190 g/mol. The first-order valence-corrected chi connectivity index (χ1v) is 9.38. The van der Waals surface area contributed by atoms with Crippen molar-refractivity contribution in [2.45, 2.75) is 57.5 Å². The fraction of sp³-hybridized carbons (Fsp3) is 1.00. The van der Waals surface area contributed by atoms with Crippen LogP contribution in [0, 0.1) is 0 Å². The Labute approximate surface area is 88.8 Å². The summed E-state index contributed by atoms with van der Waals surface area (Å²) in [5, 5.41) is 0. The van der Waals surface area contributed by atoms with E-state index in [1.54, 1.807) is 0 Å². The predicted octanol–water partition coefficient (Wildman–Crippen LogP) is 2.81. The SMILES string of the molecule is C[Si](C)(C)OC1(N2CCCCC2)CC1. The molecule has 14 heavy (non-hydrogen) atoms. The zero-order chi connectivity index (χ0) is 10.2. The van der Waals surface area contributed by atoms with Crippen LogP contribution >= 0.6 is 0 Å². The number of likely N-dealkylation sites (tertiary alicyclic amines) is 1. The Hall–Kier alpha value is 0.137. The van der Waals surface area contributed by atoms with Crippen molar-refractivity contribution in [3.63, 3.8) is 0 Å². The molecule has 2 aliphatic rings. The van der Waals surface area contributed by atoms with Crippen molar-refractivity contribution >= 4 is 8.32 Å². The van der Waals surface area contributed by atoms with E-state index in [0.717, 1.165) is 0 Å². The van der Waals surface area contributed by atoms with Crippen LogP contribution < -0.4 is 0 Å². The minimum atomic E-state index is -1.36. The van der Waals surface area contributed by atoms with Crippen LogP contribution in [-0.2, 0) is 4.43 Å². The van der Waals surface area contributed by atoms with Gasteiger partial charge < -0.3 is 4.43 Å². The van der Waals surface area contributed by atoms with Gasteiger partial charge in [-0.25, -0.2) is 0 Å². The van der Waals surface area contributed by atoms with E-state index in [1.165, 1.54) is 45.2 Å². The van der Waals surface area contributed by atoms with Crippen LogP contribution in [0.2, 0.25) is 19.6 Å².